The van der Waals surface area contributed by atoms with E-state index in [1.54, 1.807) is 12.1 Å². The van der Waals surface area contributed by atoms with Crippen LogP contribution in [0.5, 0.6) is 5.75 Å². The van der Waals surface area contributed by atoms with Crippen LogP contribution < -0.4 is 0 Å². The predicted molar refractivity (Wildman–Crippen MR) is 111 cm³/mol. The Morgan fingerprint density at radius 2 is 1.59 bits per heavy atom. The van der Waals surface area contributed by atoms with Crippen molar-refractivity contribution in [1.29, 1.82) is 0 Å². The van der Waals surface area contributed by atoms with Crippen LogP contribution in [0.25, 0.3) is 0 Å². The molecule has 0 spiro atoms. The lowest BCUT2D eigenvalue weighted by Gasteiger charge is -2.25. The molecule has 0 bridgehead atoms. The molecule has 0 radical (unpaired) electrons. The lowest BCUT2D eigenvalue weighted by atomic mass is 9.83. The average molecular weight is 394 g/mol. The van der Waals surface area contributed by atoms with E-state index < -0.39 is 0 Å². The quantitative estimate of drug-likeness (QED) is 0.675. The van der Waals surface area contributed by atoms with Crippen LogP contribution in [0.1, 0.15) is 61.7 Å². The Balaban J connectivity index is 0.00000364. The Hall–Kier alpha value is -1.91. The third-order valence-electron chi connectivity index (χ3n) is 4.65. The molecule has 27 heavy (non-hydrogen) atoms. The number of phenolic OH excluding ortho intramolecular Hbond substituents is 1. The lowest BCUT2D eigenvalue weighted by molar-refractivity contribution is 0.103. The van der Waals surface area contributed by atoms with E-state index in [9.17, 15) is 14.3 Å². The standard InChI is InChI=1S/C22H28FNO2.ClH/c1-6-24(7-2)14-17-12-16(13-19(21(17)26)22(3,4)5)20(25)15-8-10-18(23)11-9-15;/h8-13,26H,6-7,14H2,1-5H3;1H. The van der Waals surface area contributed by atoms with Gasteiger partial charge in [0.15, 0.2) is 5.78 Å². The first kappa shape index (κ1) is 23.1. The van der Waals surface area contributed by atoms with Crippen molar-refractivity contribution in [3.63, 3.8) is 0 Å². The molecule has 0 heterocycles. The van der Waals surface area contributed by atoms with Crippen LogP contribution in [-0.2, 0) is 12.0 Å². The summed E-state index contributed by atoms with van der Waals surface area (Å²) in [5.41, 5.74) is 2.13. The van der Waals surface area contributed by atoms with Gasteiger partial charge in [0.1, 0.15) is 11.6 Å². The zero-order chi connectivity index (χ0) is 19.5. The molecule has 1 N–H and O–H groups in total. The normalized spacial score (nSPS) is 11.4. The minimum atomic E-state index is -0.371. The van der Waals surface area contributed by atoms with Crippen molar-refractivity contribution < 1.29 is 14.3 Å². The molecule has 0 aliphatic heterocycles. The molecular formula is C22H29ClFNO2. The van der Waals surface area contributed by atoms with Gasteiger partial charge in [0.2, 0.25) is 0 Å². The second-order valence-electron chi connectivity index (χ2n) is 7.58. The number of carbonyl (C=O) groups is 1. The van der Waals surface area contributed by atoms with Crippen molar-refractivity contribution >= 4 is 18.2 Å². The van der Waals surface area contributed by atoms with E-state index in [0.29, 0.717) is 17.7 Å². The van der Waals surface area contributed by atoms with E-state index in [-0.39, 0.29) is 35.2 Å². The first-order chi connectivity index (χ1) is 12.2. The van der Waals surface area contributed by atoms with E-state index in [4.69, 9.17) is 0 Å². The van der Waals surface area contributed by atoms with Crippen LogP contribution in [0.3, 0.4) is 0 Å². The van der Waals surface area contributed by atoms with Gasteiger partial charge in [0.05, 0.1) is 0 Å². The number of rotatable bonds is 6. The van der Waals surface area contributed by atoms with Gasteiger partial charge in [-0.05, 0) is 54.9 Å². The van der Waals surface area contributed by atoms with Gasteiger partial charge in [-0.25, -0.2) is 4.39 Å². The molecule has 0 saturated heterocycles. The summed E-state index contributed by atoms with van der Waals surface area (Å²) in [5, 5.41) is 10.8. The highest BCUT2D eigenvalue weighted by atomic mass is 35.5. The third-order valence-corrected chi connectivity index (χ3v) is 4.65. The number of halogens is 2. The Morgan fingerprint density at radius 3 is 2.07 bits per heavy atom. The minimum Gasteiger partial charge on any atom is -0.507 e. The number of carbonyl (C=O) groups excluding carboxylic acids is 1. The summed E-state index contributed by atoms with van der Waals surface area (Å²) in [4.78, 5) is 15.1. The second-order valence-corrected chi connectivity index (χ2v) is 7.58. The monoisotopic (exact) mass is 393 g/mol. The van der Waals surface area contributed by atoms with Crippen LogP contribution in [0.4, 0.5) is 4.39 Å². The summed E-state index contributed by atoms with van der Waals surface area (Å²) in [6, 6.07) is 9.07. The minimum absolute atomic E-state index is 0. The maximum Gasteiger partial charge on any atom is 0.193 e. The van der Waals surface area contributed by atoms with E-state index in [1.807, 2.05) is 20.8 Å². The van der Waals surface area contributed by atoms with Crippen molar-refractivity contribution in [1.82, 2.24) is 4.90 Å². The highest BCUT2D eigenvalue weighted by Gasteiger charge is 2.24. The molecule has 0 aliphatic rings. The van der Waals surface area contributed by atoms with Gasteiger partial charge < -0.3 is 5.11 Å². The number of aromatic hydroxyl groups is 1. The van der Waals surface area contributed by atoms with Gasteiger partial charge in [-0.2, -0.15) is 0 Å². The molecule has 0 saturated carbocycles. The molecule has 0 atom stereocenters. The van der Waals surface area contributed by atoms with Gasteiger partial charge in [0.25, 0.3) is 0 Å². The molecular weight excluding hydrogens is 365 g/mol. The molecule has 2 aromatic carbocycles. The Labute approximate surface area is 167 Å². The van der Waals surface area contributed by atoms with Gasteiger partial charge in [-0.1, -0.05) is 34.6 Å². The van der Waals surface area contributed by atoms with Crippen LogP contribution in [-0.4, -0.2) is 28.9 Å². The Bertz CT molecular complexity index is 778. The molecule has 3 nitrogen and oxygen atoms in total. The number of hydrogen-bond acceptors (Lipinski definition) is 3. The molecule has 0 aromatic heterocycles. The molecule has 0 amide bonds. The van der Waals surface area contributed by atoms with E-state index in [2.05, 4.69) is 18.7 Å². The summed E-state index contributed by atoms with van der Waals surface area (Å²) >= 11 is 0. The molecule has 148 valence electrons. The van der Waals surface area contributed by atoms with Crippen LogP contribution in [0.2, 0.25) is 0 Å². The van der Waals surface area contributed by atoms with Crippen molar-refractivity contribution in [2.24, 2.45) is 0 Å². The summed E-state index contributed by atoms with van der Waals surface area (Å²) in [5.74, 6) is -0.291. The van der Waals surface area contributed by atoms with Crippen LogP contribution >= 0.6 is 12.4 Å². The average Bonchev–Trinajstić information content (AvgIpc) is 2.60. The summed E-state index contributed by atoms with van der Waals surface area (Å²) in [6.45, 7) is 12.5. The molecule has 5 heteroatoms. The second kappa shape index (κ2) is 9.34. The van der Waals surface area contributed by atoms with Crippen molar-refractivity contribution in [2.75, 3.05) is 13.1 Å². The molecule has 2 rings (SSSR count). The van der Waals surface area contributed by atoms with Crippen molar-refractivity contribution in [3.8, 4) is 5.75 Å². The molecule has 0 unspecified atom stereocenters. The fourth-order valence-corrected chi connectivity index (χ4v) is 2.97. The van der Waals surface area contributed by atoms with Crippen molar-refractivity contribution in [2.45, 2.75) is 46.6 Å². The number of phenols is 1. The Morgan fingerprint density at radius 1 is 1.04 bits per heavy atom. The van der Waals surface area contributed by atoms with E-state index >= 15 is 0 Å². The number of nitrogens with zero attached hydrogens (tertiary/aromatic N) is 1. The topological polar surface area (TPSA) is 40.5 Å². The number of ketones is 1. The zero-order valence-corrected chi connectivity index (χ0v) is 17.5. The summed E-state index contributed by atoms with van der Waals surface area (Å²) in [6.07, 6.45) is 0. The fourth-order valence-electron chi connectivity index (χ4n) is 2.97. The number of benzene rings is 2. The van der Waals surface area contributed by atoms with Gasteiger partial charge in [-0.15, -0.1) is 12.4 Å². The van der Waals surface area contributed by atoms with Crippen LogP contribution in [0.15, 0.2) is 36.4 Å². The summed E-state index contributed by atoms with van der Waals surface area (Å²) < 4.78 is 13.2. The smallest absolute Gasteiger partial charge is 0.193 e. The highest BCUT2D eigenvalue weighted by molar-refractivity contribution is 6.09. The van der Waals surface area contributed by atoms with Gasteiger partial charge in [0, 0.05) is 28.8 Å². The maximum absolute atomic E-state index is 13.2. The summed E-state index contributed by atoms with van der Waals surface area (Å²) in [7, 11) is 0. The van der Waals surface area contributed by atoms with E-state index in [1.165, 1.54) is 24.3 Å². The highest BCUT2D eigenvalue weighted by Crippen LogP contribution is 2.35. The first-order valence-corrected chi connectivity index (χ1v) is 9.06. The third kappa shape index (κ3) is 5.53. The Kier molecular flexibility index (Phi) is 8.00. The van der Waals surface area contributed by atoms with Gasteiger partial charge in [-0.3, -0.25) is 9.69 Å². The largest absolute Gasteiger partial charge is 0.507 e. The molecule has 0 aliphatic carbocycles. The van der Waals surface area contributed by atoms with Crippen molar-refractivity contribution in [3.05, 3.63) is 64.5 Å². The predicted octanol–water partition coefficient (Wildman–Crippen LogP) is 5.32. The molecule has 2 aromatic rings. The number of hydrogen-bond donors (Lipinski definition) is 1. The van der Waals surface area contributed by atoms with Crippen LogP contribution in [0, 0.1) is 5.82 Å². The molecule has 0 fully saturated rings. The SMILES string of the molecule is CCN(CC)Cc1cc(C(=O)c2ccc(F)cc2)cc(C(C)(C)C)c1O.Cl. The lowest BCUT2D eigenvalue weighted by Crippen LogP contribution is -2.23. The zero-order valence-electron chi connectivity index (χ0n) is 16.7. The fraction of sp³-hybridized carbons (Fsp3) is 0.409. The van der Waals surface area contributed by atoms with Gasteiger partial charge >= 0.3 is 0 Å². The maximum atomic E-state index is 13.2. The first-order valence-electron chi connectivity index (χ1n) is 9.06. The van der Waals surface area contributed by atoms with E-state index in [0.717, 1.165) is 24.2 Å².